The van der Waals surface area contributed by atoms with E-state index in [1.165, 1.54) is 0 Å². The van der Waals surface area contributed by atoms with E-state index in [1.807, 2.05) is 0 Å². The second kappa shape index (κ2) is 6.61. The lowest BCUT2D eigenvalue weighted by Crippen LogP contribution is -2.54. The Morgan fingerprint density at radius 2 is 0.926 bits per heavy atom. The second-order valence-corrected chi connectivity index (χ2v) is 5.32. The Morgan fingerprint density at radius 1 is 0.556 bits per heavy atom. The van der Waals surface area contributed by atoms with E-state index in [4.69, 9.17) is 0 Å². The molecule has 0 aromatic heterocycles. The Kier molecular flexibility index (Phi) is 5.10. The molecule has 0 spiro atoms. The van der Waals surface area contributed by atoms with Crippen molar-refractivity contribution in [3.8, 4) is 5.75 Å². The first-order valence-electron chi connectivity index (χ1n) is 6.94. The van der Waals surface area contributed by atoms with Crippen molar-refractivity contribution in [2.24, 2.45) is 0 Å². The van der Waals surface area contributed by atoms with Gasteiger partial charge in [-0.1, -0.05) is 24.3 Å². The van der Waals surface area contributed by atoms with Crippen molar-refractivity contribution in [2.75, 3.05) is 0 Å². The van der Waals surface area contributed by atoms with E-state index in [0.717, 1.165) is 0 Å². The normalized spacial score (nSPS) is 13.6. The molecular formula is C16H8F10O. The van der Waals surface area contributed by atoms with Gasteiger partial charge in [0.2, 0.25) is 5.41 Å². The summed E-state index contributed by atoms with van der Waals surface area (Å²) in [6.45, 7) is 0. The molecule has 0 atom stereocenters. The predicted molar refractivity (Wildman–Crippen MR) is 72.4 cm³/mol. The van der Waals surface area contributed by atoms with Gasteiger partial charge in [-0.3, -0.25) is 0 Å². The van der Waals surface area contributed by atoms with Gasteiger partial charge in [-0.2, -0.15) is 26.3 Å². The molecule has 11 heteroatoms. The highest BCUT2D eigenvalue weighted by Gasteiger charge is 2.72. The minimum Gasteiger partial charge on any atom is -0.406 e. The molecule has 0 radical (unpaired) electrons. The summed E-state index contributed by atoms with van der Waals surface area (Å²) in [7, 11) is 0. The van der Waals surface area contributed by atoms with Crippen LogP contribution in [0.15, 0.2) is 48.5 Å². The minimum atomic E-state index is -5.94. The minimum absolute atomic E-state index is 0.228. The molecule has 0 aliphatic carbocycles. The molecule has 2 rings (SSSR count). The first-order valence-corrected chi connectivity index (χ1v) is 6.94. The van der Waals surface area contributed by atoms with Crippen LogP contribution in [0.2, 0.25) is 0 Å². The molecule has 0 aliphatic heterocycles. The maximum absolute atomic E-state index is 13.7. The highest BCUT2D eigenvalue weighted by molar-refractivity contribution is 5.45. The summed E-state index contributed by atoms with van der Waals surface area (Å²) in [5.74, 6) is -2.06. The van der Waals surface area contributed by atoms with Crippen LogP contribution in [0.4, 0.5) is 43.9 Å². The molecule has 0 bridgehead atoms. The lowest BCUT2D eigenvalue weighted by Gasteiger charge is -2.38. The molecule has 2 aromatic carbocycles. The van der Waals surface area contributed by atoms with Gasteiger partial charge in [0.15, 0.2) is 0 Å². The quantitative estimate of drug-likeness (QED) is 0.557. The van der Waals surface area contributed by atoms with Crippen molar-refractivity contribution in [3.63, 3.8) is 0 Å². The summed E-state index contributed by atoms with van der Waals surface area (Å²) < 4.78 is 135. The molecule has 0 amide bonds. The summed E-state index contributed by atoms with van der Waals surface area (Å²) in [6, 6.07) is 2.59. The van der Waals surface area contributed by atoms with E-state index in [-0.39, 0.29) is 12.1 Å². The monoisotopic (exact) mass is 406 g/mol. The van der Waals surface area contributed by atoms with E-state index in [1.54, 1.807) is 0 Å². The average molecular weight is 406 g/mol. The largest absolute Gasteiger partial charge is 0.573 e. The highest BCUT2D eigenvalue weighted by Crippen LogP contribution is 2.56. The summed E-state index contributed by atoms with van der Waals surface area (Å²) in [4.78, 5) is 0. The fourth-order valence-corrected chi connectivity index (χ4v) is 2.59. The number of rotatable bonds is 3. The summed E-state index contributed by atoms with van der Waals surface area (Å²) in [6.07, 6.45) is -17.0. The summed E-state index contributed by atoms with van der Waals surface area (Å²) >= 11 is 0. The van der Waals surface area contributed by atoms with Crippen LogP contribution in [0.3, 0.4) is 0 Å². The molecule has 0 aliphatic rings. The van der Waals surface area contributed by atoms with E-state index in [9.17, 15) is 43.9 Å². The Balaban J connectivity index is 2.71. The van der Waals surface area contributed by atoms with Crippen molar-refractivity contribution in [3.05, 3.63) is 65.5 Å². The molecular weight excluding hydrogens is 398 g/mol. The number of ether oxygens (including phenoxy) is 1. The van der Waals surface area contributed by atoms with Gasteiger partial charge in [-0.25, -0.2) is 4.39 Å². The lowest BCUT2D eigenvalue weighted by atomic mass is 9.73. The van der Waals surface area contributed by atoms with Crippen LogP contribution in [0.1, 0.15) is 11.1 Å². The van der Waals surface area contributed by atoms with E-state index in [0.29, 0.717) is 36.4 Å². The van der Waals surface area contributed by atoms with Crippen LogP contribution in [-0.2, 0) is 5.41 Å². The van der Waals surface area contributed by atoms with Gasteiger partial charge in [0.25, 0.3) is 0 Å². The van der Waals surface area contributed by atoms with Gasteiger partial charge < -0.3 is 4.74 Å². The van der Waals surface area contributed by atoms with Gasteiger partial charge in [-0.15, -0.1) is 13.2 Å². The molecule has 1 nitrogen and oxygen atoms in total. The molecule has 0 saturated heterocycles. The molecule has 0 heterocycles. The Bertz CT molecular complexity index is 755. The number of alkyl halides is 9. The fraction of sp³-hybridized carbons (Fsp3) is 0.250. The van der Waals surface area contributed by atoms with Gasteiger partial charge >= 0.3 is 18.7 Å². The zero-order valence-corrected chi connectivity index (χ0v) is 12.8. The molecule has 0 fully saturated rings. The van der Waals surface area contributed by atoms with Gasteiger partial charge in [0.1, 0.15) is 11.6 Å². The zero-order valence-electron chi connectivity index (χ0n) is 12.8. The molecule has 2 aromatic rings. The predicted octanol–water partition coefficient (Wildman–Crippen LogP) is 6.14. The smallest absolute Gasteiger partial charge is 0.406 e. The molecule has 0 N–H and O–H groups in total. The lowest BCUT2D eigenvalue weighted by molar-refractivity contribution is -0.289. The molecule has 0 saturated carbocycles. The standard InChI is InChI=1S/C16H8F10O/c17-11-5-1-9(2-6-11)13(14(18,19)20,15(21,22)23)10-3-7-12(8-4-10)27-16(24,25)26/h1-8H. The van der Waals surface area contributed by atoms with Gasteiger partial charge in [0.05, 0.1) is 0 Å². The van der Waals surface area contributed by atoms with Crippen LogP contribution >= 0.6 is 0 Å². The maximum Gasteiger partial charge on any atom is 0.573 e. The van der Waals surface area contributed by atoms with Crippen LogP contribution in [0.5, 0.6) is 5.75 Å². The van der Waals surface area contributed by atoms with Crippen molar-refractivity contribution >= 4 is 0 Å². The number of hydrogen-bond acceptors (Lipinski definition) is 1. The first-order chi connectivity index (χ1) is 12.2. The molecule has 0 unspecified atom stereocenters. The SMILES string of the molecule is Fc1ccc(C(c2ccc(OC(F)(F)F)cc2)(C(F)(F)F)C(F)(F)F)cc1. The van der Waals surface area contributed by atoms with Crippen LogP contribution < -0.4 is 4.74 Å². The van der Waals surface area contributed by atoms with Crippen molar-refractivity contribution in [1.82, 2.24) is 0 Å². The third-order valence-corrected chi connectivity index (χ3v) is 3.65. The topological polar surface area (TPSA) is 9.23 Å². The van der Waals surface area contributed by atoms with Crippen molar-refractivity contribution in [1.29, 1.82) is 0 Å². The van der Waals surface area contributed by atoms with Gasteiger partial charge in [0, 0.05) is 0 Å². The van der Waals surface area contributed by atoms with Crippen LogP contribution in [-0.4, -0.2) is 18.7 Å². The van der Waals surface area contributed by atoms with Crippen LogP contribution in [0.25, 0.3) is 0 Å². The highest BCUT2D eigenvalue weighted by atomic mass is 19.4. The third kappa shape index (κ3) is 3.96. The van der Waals surface area contributed by atoms with Gasteiger partial charge in [-0.05, 0) is 35.4 Å². The molecule has 148 valence electrons. The van der Waals surface area contributed by atoms with Crippen molar-refractivity contribution < 1.29 is 48.6 Å². The van der Waals surface area contributed by atoms with E-state index >= 15 is 0 Å². The van der Waals surface area contributed by atoms with Crippen molar-refractivity contribution in [2.45, 2.75) is 24.1 Å². The summed E-state index contributed by atoms with van der Waals surface area (Å²) in [5, 5.41) is 0. The fourth-order valence-electron chi connectivity index (χ4n) is 2.59. The zero-order chi connectivity index (χ0) is 20.7. The Morgan fingerprint density at radius 3 is 1.26 bits per heavy atom. The molecule has 27 heavy (non-hydrogen) atoms. The third-order valence-electron chi connectivity index (χ3n) is 3.65. The second-order valence-electron chi connectivity index (χ2n) is 5.32. The van der Waals surface area contributed by atoms with E-state index in [2.05, 4.69) is 4.74 Å². The summed E-state index contributed by atoms with van der Waals surface area (Å²) in [5.41, 5.74) is -7.32. The Hall–Kier alpha value is -2.46. The number of benzene rings is 2. The average Bonchev–Trinajstić information content (AvgIpc) is 2.47. The number of halogens is 10. The van der Waals surface area contributed by atoms with Crippen LogP contribution in [0, 0.1) is 5.82 Å². The first kappa shape index (κ1) is 20.8. The maximum atomic E-state index is 13.7. The Labute approximate surface area is 145 Å². The van der Waals surface area contributed by atoms with E-state index < -0.39 is 46.8 Å². The number of hydrogen-bond donors (Lipinski definition) is 0.